The number of nitrogens with zero attached hydrogens (tertiary/aromatic N) is 2. The third-order valence-electron chi connectivity index (χ3n) is 5.14. The molecule has 1 fully saturated rings. The van der Waals surface area contributed by atoms with E-state index in [9.17, 15) is 4.79 Å². The standard InChI is InChI=1S/C20H23BrN2O/c1-22(2)20(17-6-4-3-5-7-17)12-14-23(15-13-20)19(24)16-8-10-18(21)11-9-16/h3-11H,12-15H2,1-2H3. The lowest BCUT2D eigenvalue weighted by atomic mass is 9.79. The Morgan fingerprint density at radius 2 is 1.58 bits per heavy atom. The molecule has 126 valence electrons. The Morgan fingerprint density at radius 1 is 1.00 bits per heavy atom. The van der Waals surface area contributed by atoms with Crippen molar-refractivity contribution in [2.75, 3.05) is 27.2 Å². The average molecular weight is 387 g/mol. The summed E-state index contributed by atoms with van der Waals surface area (Å²) in [6.45, 7) is 1.56. The molecule has 0 spiro atoms. The van der Waals surface area contributed by atoms with Crippen molar-refractivity contribution in [2.24, 2.45) is 0 Å². The van der Waals surface area contributed by atoms with Gasteiger partial charge in [-0.1, -0.05) is 46.3 Å². The van der Waals surface area contributed by atoms with Gasteiger partial charge in [0.05, 0.1) is 0 Å². The van der Waals surface area contributed by atoms with Crippen LogP contribution >= 0.6 is 15.9 Å². The summed E-state index contributed by atoms with van der Waals surface area (Å²) in [5.41, 5.74) is 2.11. The molecule has 0 atom stereocenters. The van der Waals surface area contributed by atoms with Crippen molar-refractivity contribution in [3.8, 4) is 0 Å². The van der Waals surface area contributed by atoms with Crippen LogP contribution in [0.1, 0.15) is 28.8 Å². The van der Waals surface area contributed by atoms with E-state index in [4.69, 9.17) is 0 Å². The first-order chi connectivity index (χ1) is 11.5. The number of carbonyl (C=O) groups is 1. The van der Waals surface area contributed by atoms with Gasteiger partial charge in [-0.25, -0.2) is 0 Å². The van der Waals surface area contributed by atoms with E-state index in [1.165, 1.54) is 5.56 Å². The van der Waals surface area contributed by atoms with Gasteiger partial charge in [-0.2, -0.15) is 0 Å². The number of hydrogen-bond acceptors (Lipinski definition) is 2. The van der Waals surface area contributed by atoms with Crippen molar-refractivity contribution in [1.82, 2.24) is 9.80 Å². The van der Waals surface area contributed by atoms with Crippen LogP contribution in [0.4, 0.5) is 0 Å². The van der Waals surface area contributed by atoms with Crippen LogP contribution in [-0.4, -0.2) is 42.9 Å². The second-order valence-electron chi connectivity index (χ2n) is 6.59. The lowest BCUT2D eigenvalue weighted by Crippen LogP contribution is -2.51. The molecule has 1 heterocycles. The molecule has 4 heteroatoms. The Bertz CT molecular complexity index is 689. The van der Waals surface area contributed by atoms with E-state index in [2.05, 4.69) is 65.3 Å². The zero-order chi connectivity index (χ0) is 17.2. The van der Waals surface area contributed by atoms with Gasteiger partial charge in [0.25, 0.3) is 5.91 Å². The third-order valence-corrected chi connectivity index (χ3v) is 5.66. The summed E-state index contributed by atoms with van der Waals surface area (Å²) >= 11 is 3.42. The van der Waals surface area contributed by atoms with E-state index < -0.39 is 0 Å². The van der Waals surface area contributed by atoms with Gasteiger partial charge in [0, 0.05) is 28.7 Å². The SMILES string of the molecule is CN(C)C1(c2ccccc2)CCN(C(=O)c2ccc(Br)cc2)CC1. The molecule has 0 aliphatic carbocycles. The first-order valence-electron chi connectivity index (χ1n) is 8.31. The van der Waals surface area contributed by atoms with E-state index in [0.717, 1.165) is 36.0 Å². The monoisotopic (exact) mass is 386 g/mol. The molecular weight excluding hydrogens is 364 g/mol. The fraction of sp³-hybridized carbons (Fsp3) is 0.350. The van der Waals surface area contributed by atoms with Crippen LogP contribution in [-0.2, 0) is 5.54 Å². The molecule has 0 aromatic heterocycles. The summed E-state index contributed by atoms with van der Waals surface area (Å²) in [5, 5.41) is 0. The molecule has 1 aliphatic heterocycles. The van der Waals surface area contributed by atoms with Crippen LogP contribution in [0.25, 0.3) is 0 Å². The largest absolute Gasteiger partial charge is 0.338 e. The molecule has 2 aromatic carbocycles. The second-order valence-corrected chi connectivity index (χ2v) is 7.51. The van der Waals surface area contributed by atoms with Gasteiger partial charge >= 0.3 is 0 Å². The molecule has 0 radical (unpaired) electrons. The highest BCUT2D eigenvalue weighted by Crippen LogP contribution is 2.37. The zero-order valence-electron chi connectivity index (χ0n) is 14.2. The molecule has 24 heavy (non-hydrogen) atoms. The number of rotatable bonds is 3. The van der Waals surface area contributed by atoms with Crippen LogP contribution in [0.15, 0.2) is 59.1 Å². The van der Waals surface area contributed by atoms with E-state index in [-0.39, 0.29) is 11.4 Å². The molecule has 0 bridgehead atoms. The number of likely N-dealkylation sites (tertiary alicyclic amines) is 1. The Morgan fingerprint density at radius 3 is 2.12 bits per heavy atom. The van der Waals surface area contributed by atoms with Crippen LogP contribution in [0.3, 0.4) is 0 Å². The fourth-order valence-corrected chi connectivity index (χ4v) is 3.86. The van der Waals surface area contributed by atoms with Gasteiger partial charge in [0.15, 0.2) is 0 Å². The lowest BCUT2D eigenvalue weighted by Gasteiger charge is -2.46. The van der Waals surface area contributed by atoms with Gasteiger partial charge in [-0.15, -0.1) is 0 Å². The van der Waals surface area contributed by atoms with Crippen molar-refractivity contribution in [3.63, 3.8) is 0 Å². The van der Waals surface area contributed by atoms with Gasteiger partial charge in [-0.05, 0) is 56.8 Å². The first-order valence-corrected chi connectivity index (χ1v) is 9.10. The summed E-state index contributed by atoms with van der Waals surface area (Å²) in [5.74, 6) is 0.128. The summed E-state index contributed by atoms with van der Waals surface area (Å²) < 4.78 is 0.994. The topological polar surface area (TPSA) is 23.6 Å². The smallest absolute Gasteiger partial charge is 0.253 e. The summed E-state index contributed by atoms with van der Waals surface area (Å²) in [4.78, 5) is 17.0. The molecule has 0 saturated carbocycles. The highest BCUT2D eigenvalue weighted by Gasteiger charge is 2.39. The highest BCUT2D eigenvalue weighted by molar-refractivity contribution is 9.10. The summed E-state index contributed by atoms with van der Waals surface area (Å²) in [7, 11) is 4.28. The number of piperidine rings is 1. The molecular formula is C20H23BrN2O. The quantitative estimate of drug-likeness (QED) is 0.790. The maximum Gasteiger partial charge on any atom is 0.253 e. The predicted octanol–water partition coefficient (Wildman–Crippen LogP) is 4.14. The molecule has 0 unspecified atom stereocenters. The average Bonchev–Trinajstić information content (AvgIpc) is 2.62. The van der Waals surface area contributed by atoms with Crippen molar-refractivity contribution in [3.05, 3.63) is 70.2 Å². The third kappa shape index (κ3) is 3.26. The number of carbonyl (C=O) groups excluding carboxylic acids is 1. The molecule has 0 N–H and O–H groups in total. The Kier molecular flexibility index (Phi) is 5.07. The molecule has 1 saturated heterocycles. The van der Waals surface area contributed by atoms with Crippen molar-refractivity contribution >= 4 is 21.8 Å². The molecule has 2 aromatic rings. The van der Waals surface area contributed by atoms with Crippen molar-refractivity contribution < 1.29 is 4.79 Å². The van der Waals surface area contributed by atoms with Gasteiger partial charge in [0.2, 0.25) is 0 Å². The van der Waals surface area contributed by atoms with Gasteiger partial charge in [-0.3, -0.25) is 9.69 Å². The fourth-order valence-electron chi connectivity index (χ4n) is 3.60. The number of benzene rings is 2. The van der Waals surface area contributed by atoms with Crippen molar-refractivity contribution in [2.45, 2.75) is 18.4 Å². The van der Waals surface area contributed by atoms with E-state index in [1.54, 1.807) is 0 Å². The first kappa shape index (κ1) is 17.2. The molecule has 3 rings (SSSR count). The second kappa shape index (κ2) is 7.08. The summed E-state index contributed by atoms with van der Waals surface area (Å²) in [6.07, 6.45) is 1.90. The van der Waals surface area contributed by atoms with Crippen LogP contribution in [0.2, 0.25) is 0 Å². The minimum absolute atomic E-state index is 0.0117. The molecule has 1 amide bonds. The van der Waals surface area contributed by atoms with Crippen LogP contribution < -0.4 is 0 Å². The molecule has 3 nitrogen and oxygen atoms in total. The lowest BCUT2D eigenvalue weighted by molar-refractivity contribution is 0.0411. The van der Waals surface area contributed by atoms with Gasteiger partial charge in [0.1, 0.15) is 0 Å². The Balaban J connectivity index is 1.76. The Labute approximate surface area is 152 Å². The normalized spacial score (nSPS) is 17.1. The minimum atomic E-state index is 0.0117. The van der Waals surface area contributed by atoms with Gasteiger partial charge < -0.3 is 4.90 Å². The summed E-state index contributed by atoms with van der Waals surface area (Å²) in [6, 6.07) is 18.3. The van der Waals surface area contributed by atoms with Crippen LogP contribution in [0.5, 0.6) is 0 Å². The van der Waals surface area contributed by atoms with Crippen molar-refractivity contribution in [1.29, 1.82) is 0 Å². The van der Waals surface area contributed by atoms with E-state index >= 15 is 0 Å². The number of amides is 1. The highest BCUT2D eigenvalue weighted by atomic mass is 79.9. The van der Waals surface area contributed by atoms with E-state index in [1.807, 2.05) is 29.2 Å². The zero-order valence-corrected chi connectivity index (χ0v) is 15.8. The molecule has 1 aliphatic rings. The Hall–Kier alpha value is -1.65. The maximum absolute atomic E-state index is 12.7. The van der Waals surface area contributed by atoms with Crippen LogP contribution in [0, 0.1) is 0 Å². The minimum Gasteiger partial charge on any atom is -0.338 e. The van der Waals surface area contributed by atoms with E-state index in [0.29, 0.717) is 0 Å². The predicted molar refractivity (Wildman–Crippen MR) is 101 cm³/mol. The maximum atomic E-state index is 12.7. The number of hydrogen-bond donors (Lipinski definition) is 0. The number of halogens is 1.